The molecule has 41 heavy (non-hydrogen) atoms. The Labute approximate surface area is 241 Å². The fourth-order valence-corrected chi connectivity index (χ4v) is 14.8. The Balaban J connectivity index is 1.76. The van der Waals surface area contributed by atoms with Gasteiger partial charge in [0.2, 0.25) is 0 Å². The summed E-state index contributed by atoms with van der Waals surface area (Å²) in [4.78, 5) is 0. The number of nitrogens with zero attached hydrogens (tertiary/aromatic N) is 2. The van der Waals surface area contributed by atoms with Gasteiger partial charge in [0.05, 0.1) is 0 Å². The molecule has 7 heteroatoms. The van der Waals surface area contributed by atoms with E-state index in [1.54, 1.807) is 21.5 Å². The predicted molar refractivity (Wildman–Crippen MR) is 153 cm³/mol. The number of benzene rings is 2. The van der Waals surface area contributed by atoms with Crippen LogP contribution in [0.15, 0.2) is 93.0 Å². The maximum absolute atomic E-state index is 17.1. The summed E-state index contributed by atoms with van der Waals surface area (Å²) in [6.45, 7) is 7.50. The van der Waals surface area contributed by atoms with Crippen molar-refractivity contribution in [2.75, 3.05) is 0 Å². The Morgan fingerprint density at radius 2 is 1.02 bits per heavy atom. The van der Waals surface area contributed by atoms with Gasteiger partial charge in [-0.2, -0.15) is 0 Å². The van der Waals surface area contributed by atoms with Crippen molar-refractivity contribution in [1.29, 1.82) is 0 Å². The van der Waals surface area contributed by atoms with E-state index in [0.29, 0.717) is 20.6 Å². The first-order valence-corrected chi connectivity index (χ1v) is 16.8. The van der Waals surface area contributed by atoms with E-state index in [1.165, 1.54) is 24.3 Å². The number of allylic oxidation sites excluding steroid dienone is 8. The number of halogens is 4. The van der Waals surface area contributed by atoms with Crippen molar-refractivity contribution < 1.29 is 34.2 Å². The number of rotatable bonds is 6. The summed E-state index contributed by atoms with van der Waals surface area (Å²) < 4.78 is 71.2. The van der Waals surface area contributed by atoms with Crippen molar-refractivity contribution in [1.82, 2.24) is 9.13 Å². The standard InChI is InChI=1S/2C12H10F2N.2C5H5.Ti/c2*1-8-5-9(2)15(7-8)12-4-3-10(13)6-11(12)14;2*1-2-4-5-3-1;/h2*3-5,7H,1-2H3;2*1-3H,4H2;. The second kappa shape index (κ2) is 10.3. The summed E-state index contributed by atoms with van der Waals surface area (Å²) in [5, 5.41) is 0. The van der Waals surface area contributed by atoms with Crippen LogP contribution < -0.4 is 7.74 Å². The van der Waals surface area contributed by atoms with Crippen LogP contribution in [0, 0.1) is 51.0 Å². The van der Waals surface area contributed by atoms with Crippen LogP contribution >= 0.6 is 0 Å². The molecule has 0 radical (unpaired) electrons. The molecule has 0 fully saturated rings. The van der Waals surface area contributed by atoms with Crippen molar-refractivity contribution in [3.63, 3.8) is 0 Å². The number of aryl methyl sites for hydroxylation is 4. The molecule has 6 rings (SSSR count). The van der Waals surface area contributed by atoms with Gasteiger partial charge in [-0.25, -0.2) is 0 Å². The van der Waals surface area contributed by atoms with E-state index in [0.717, 1.165) is 22.5 Å². The maximum atomic E-state index is 17.1. The average molecular weight is 590 g/mol. The molecule has 2 aromatic carbocycles. The van der Waals surface area contributed by atoms with Crippen molar-refractivity contribution in [2.45, 2.75) is 40.5 Å². The van der Waals surface area contributed by atoms with Crippen molar-refractivity contribution in [3.8, 4) is 11.4 Å². The quantitative estimate of drug-likeness (QED) is 0.160. The van der Waals surface area contributed by atoms with E-state index in [-0.39, 0.29) is 19.1 Å². The monoisotopic (exact) mass is 590 g/mol. The molecule has 2 aliphatic rings. The Bertz CT molecular complexity index is 1700. The number of hydrogen-bond donors (Lipinski definition) is 0. The molecular weight excluding hydrogens is 560 g/mol. The van der Waals surface area contributed by atoms with Crippen LogP contribution in [0.1, 0.15) is 35.4 Å². The average Bonchev–Trinajstić information content (AvgIpc) is 3.73. The van der Waals surface area contributed by atoms with E-state index in [1.807, 2.05) is 76.3 Å². The first-order chi connectivity index (χ1) is 19.6. The van der Waals surface area contributed by atoms with Gasteiger partial charge in [-0.15, -0.1) is 0 Å². The van der Waals surface area contributed by atoms with Crippen LogP contribution in [-0.2, 0) is 16.6 Å². The zero-order valence-electron chi connectivity index (χ0n) is 23.4. The molecule has 0 unspecified atom stereocenters. The van der Waals surface area contributed by atoms with Gasteiger partial charge in [0, 0.05) is 0 Å². The molecule has 0 atom stereocenters. The van der Waals surface area contributed by atoms with Gasteiger partial charge in [0.25, 0.3) is 0 Å². The summed E-state index contributed by atoms with van der Waals surface area (Å²) in [7, 11) is 0. The fourth-order valence-electron chi connectivity index (χ4n) is 6.57. The van der Waals surface area contributed by atoms with E-state index < -0.39 is 39.9 Å². The molecule has 0 amide bonds. The van der Waals surface area contributed by atoms with E-state index >= 15 is 17.6 Å². The molecule has 208 valence electrons. The molecule has 2 aliphatic carbocycles. The second-order valence-electron chi connectivity index (χ2n) is 11.0. The Morgan fingerprint density at radius 3 is 1.34 bits per heavy atom. The summed E-state index contributed by atoms with van der Waals surface area (Å²) in [5.41, 5.74) is 3.72. The van der Waals surface area contributed by atoms with Crippen LogP contribution in [-0.4, -0.2) is 9.13 Å². The molecule has 2 nitrogen and oxygen atoms in total. The molecule has 0 N–H and O–H groups in total. The van der Waals surface area contributed by atoms with Crippen LogP contribution in [0.3, 0.4) is 0 Å². The summed E-state index contributed by atoms with van der Waals surface area (Å²) in [6.07, 6.45) is 15.3. The molecule has 0 spiro atoms. The van der Waals surface area contributed by atoms with Crippen molar-refractivity contribution in [2.24, 2.45) is 0 Å². The van der Waals surface area contributed by atoms with Crippen LogP contribution in [0.4, 0.5) is 17.6 Å². The first kappa shape index (κ1) is 27.6. The molecule has 0 bridgehead atoms. The van der Waals surface area contributed by atoms with E-state index in [2.05, 4.69) is 0 Å². The molecule has 2 aromatic heterocycles. The predicted octanol–water partition coefficient (Wildman–Crippen LogP) is 7.85. The second-order valence-corrected chi connectivity index (χ2v) is 16.9. The minimum atomic E-state index is -4.93. The van der Waals surface area contributed by atoms with Gasteiger partial charge in [-0.05, 0) is 0 Å². The fraction of sp³-hybridized carbons (Fsp3) is 0.176. The van der Waals surface area contributed by atoms with Crippen molar-refractivity contribution >= 4 is 7.74 Å². The van der Waals surface area contributed by atoms with Crippen LogP contribution in [0.5, 0.6) is 0 Å². The van der Waals surface area contributed by atoms with E-state index in [9.17, 15) is 0 Å². The molecule has 4 aromatic rings. The molecule has 0 saturated carbocycles. The minimum absolute atomic E-state index is 0.161. The topological polar surface area (TPSA) is 9.86 Å². The van der Waals surface area contributed by atoms with Gasteiger partial charge < -0.3 is 0 Å². The summed E-state index contributed by atoms with van der Waals surface area (Å²) >= 11 is -4.93. The van der Waals surface area contributed by atoms with Gasteiger partial charge in [-0.1, -0.05) is 0 Å². The van der Waals surface area contributed by atoms with Gasteiger partial charge in [0.1, 0.15) is 0 Å². The Kier molecular flexibility index (Phi) is 6.95. The van der Waals surface area contributed by atoms with E-state index in [4.69, 9.17) is 0 Å². The Morgan fingerprint density at radius 1 is 0.610 bits per heavy atom. The molecule has 0 saturated heterocycles. The number of hydrogen-bond acceptors (Lipinski definition) is 0. The van der Waals surface area contributed by atoms with Crippen LogP contribution in [0.25, 0.3) is 11.4 Å². The summed E-state index contributed by atoms with van der Waals surface area (Å²) in [5.74, 6) is -3.13. The summed E-state index contributed by atoms with van der Waals surface area (Å²) in [6, 6.07) is 9.12. The third kappa shape index (κ3) is 4.27. The first-order valence-electron chi connectivity index (χ1n) is 13.7. The van der Waals surface area contributed by atoms with Gasteiger partial charge in [0.15, 0.2) is 0 Å². The number of aromatic nitrogens is 2. The van der Waals surface area contributed by atoms with Gasteiger partial charge in [-0.3, -0.25) is 0 Å². The van der Waals surface area contributed by atoms with Crippen LogP contribution in [0.2, 0.25) is 0 Å². The normalized spacial score (nSPS) is 14.7. The third-order valence-electron chi connectivity index (χ3n) is 8.21. The van der Waals surface area contributed by atoms with Crippen molar-refractivity contribution in [3.05, 3.63) is 139 Å². The zero-order valence-corrected chi connectivity index (χ0v) is 25.0. The van der Waals surface area contributed by atoms with Gasteiger partial charge >= 0.3 is 242 Å². The third-order valence-corrected chi connectivity index (χ3v) is 16.2. The molecular formula is C34H30F4N2Ti. The molecule has 0 aliphatic heterocycles. The SMILES string of the molecule is Cc1cc(C)n(-c2ccc(F)[c]([Ti]([C]3=CC=CC3)([C]3=CC=CC3)[c]3c(F)ccc(-n4cc(C)cc4C)c3F)c2F)c1. The molecule has 2 heterocycles. The Hall–Kier alpha value is -3.61. The zero-order chi connectivity index (χ0) is 29.1.